The van der Waals surface area contributed by atoms with Crippen LogP contribution in [0.4, 0.5) is 18.9 Å². The standard InChI is InChI=1S/C24H24F3N5O4S/c1-3-11-32-21(19(13-33)29-22(35)15-7-9-18(36-2)10-8-15)30-31-23(32)37-14-20(34)28-17-6-4-5-16(12-17)24(25,26)27/h3-10,12,19,33H,1,11,13-14H2,2H3,(H,28,34)(H,29,35)/t19-/m0/s1. The van der Waals surface area contributed by atoms with Gasteiger partial charge in [0.15, 0.2) is 11.0 Å². The summed E-state index contributed by atoms with van der Waals surface area (Å²) in [5, 5.41) is 23.5. The first-order chi connectivity index (χ1) is 17.7. The van der Waals surface area contributed by atoms with E-state index in [-0.39, 0.29) is 23.8 Å². The number of ether oxygens (including phenoxy) is 1. The fourth-order valence-electron chi connectivity index (χ4n) is 3.24. The molecule has 37 heavy (non-hydrogen) atoms. The van der Waals surface area contributed by atoms with Gasteiger partial charge >= 0.3 is 6.18 Å². The first kappa shape index (κ1) is 27.7. The van der Waals surface area contributed by atoms with Crippen LogP contribution in [0.15, 0.2) is 66.3 Å². The number of hydrogen-bond donors (Lipinski definition) is 3. The Morgan fingerprint density at radius 3 is 2.57 bits per heavy atom. The van der Waals surface area contributed by atoms with Crippen molar-refractivity contribution in [2.75, 3.05) is 24.8 Å². The molecule has 2 aromatic carbocycles. The molecule has 1 aromatic heterocycles. The zero-order chi connectivity index (χ0) is 27.0. The molecule has 196 valence electrons. The van der Waals surface area contributed by atoms with Gasteiger partial charge in [-0.25, -0.2) is 0 Å². The number of alkyl halides is 3. The Balaban J connectivity index is 1.69. The maximum atomic E-state index is 12.9. The van der Waals surface area contributed by atoms with E-state index in [4.69, 9.17) is 4.74 Å². The molecule has 0 saturated heterocycles. The molecule has 0 aliphatic carbocycles. The van der Waals surface area contributed by atoms with Crippen molar-refractivity contribution < 1.29 is 32.6 Å². The summed E-state index contributed by atoms with van der Waals surface area (Å²) in [5.41, 5.74) is -0.523. The molecule has 0 spiro atoms. The molecule has 3 N–H and O–H groups in total. The third-order valence-electron chi connectivity index (χ3n) is 5.01. The summed E-state index contributed by atoms with van der Waals surface area (Å²) in [6.07, 6.45) is -2.97. The van der Waals surface area contributed by atoms with Gasteiger partial charge in [0.05, 0.1) is 25.0 Å². The third kappa shape index (κ3) is 7.33. The Morgan fingerprint density at radius 2 is 1.95 bits per heavy atom. The van der Waals surface area contributed by atoms with Crippen molar-refractivity contribution in [2.45, 2.75) is 23.9 Å². The van der Waals surface area contributed by atoms with Gasteiger partial charge in [-0.1, -0.05) is 23.9 Å². The molecule has 13 heteroatoms. The van der Waals surface area contributed by atoms with Crippen LogP contribution in [-0.2, 0) is 17.5 Å². The number of aliphatic hydroxyl groups excluding tert-OH is 1. The molecule has 0 fully saturated rings. The van der Waals surface area contributed by atoms with Gasteiger partial charge in [0.1, 0.15) is 11.8 Å². The number of carbonyl (C=O) groups excluding carboxylic acids is 2. The van der Waals surface area contributed by atoms with Crippen LogP contribution in [0.5, 0.6) is 5.75 Å². The Morgan fingerprint density at radius 1 is 1.22 bits per heavy atom. The lowest BCUT2D eigenvalue weighted by atomic mass is 10.2. The molecule has 9 nitrogen and oxygen atoms in total. The SMILES string of the molecule is C=CCn1c(SCC(=O)Nc2cccc(C(F)(F)F)c2)nnc1[C@H](CO)NC(=O)c1ccc(OC)cc1. The number of nitrogens with zero attached hydrogens (tertiary/aromatic N) is 3. The fraction of sp³-hybridized carbons (Fsp3) is 0.250. The summed E-state index contributed by atoms with van der Waals surface area (Å²) in [6.45, 7) is 3.43. The number of benzene rings is 2. The van der Waals surface area contributed by atoms with Crippen molar-refractivity contribution >= 4 is 29.3 Å². The summed E-state index contributed by atoms with van der Waals surface area (Å²) >= 11 is 0.991. The highest BCUT2D eigenvalue weighted by Gasteiger charge is 2.30. The number of allylic oxidation sites excluding steroid dienone is 1. The van der Waals surface area contributed by atoms with Crippen LogP contribution in [0.2, 0.25) is 0 Å². The second-order valence-corrected chi connectivity index (χ2v) is 8.54. The summed E-state index contributed by atoms with van der Waals surface area (Å²) in [4.78, 5) is 25.0. The second kappa shape index (κ2) is 12.4. The van der Waals surface area contributed by atoms with Crippen molar-refractivity contribution in [2.24, 2.45) is 0 Å². The van der Waals surface area contributed by atoms with Gasteiger partial charge in [-0.15, -0.1) is 16.8 Å². The van der Waals surface area contributed by atoms with Crippen LogP contribution >= 0.6 is 11.8 Å². The molecule has 0 unspecified atom stereocenters. The quantitative estimate of drug-likeness (QED) is 0.253. The molecule has 3 rings (SSSR count). The van der Waals surface area contributed by atoms with Crippen molar-refractivity contribution in [3.8, 4) is 5.75 Å². The van der Waals surface area contributed by atoms with Crippen LogP contribution < -0.4 is 15.4 Å². The number of aromatic nitrogens is 3. The molecular formula is C24H24F3N5O4S. The van der Waals surface area contributed by atoms with Crippen LogP contribution in [0.1, 0.15) is 27.8 Å². The van der Waals surface area contributed by atoms with Crippen LogP contribution in [0, 0.1) is 0 Å². The first-order valence-electron chi connectivity index (χ1n) is 10.9. The lowest BCUT2D eigenvalue weighted by molar-refractivity contribution is -0.137. The average molecular weight is 536 g/mol. The van der Waals surface area contributed by atoms with Gasteiger partial charge in [0.25, 0.3) is 5.91 Å². The predicted molar refractivity (Wildman–Crippen MR) is 131 cm³/mol. The minimum Gasteiger partial charge on any atom is -0.497 e. The number of aliphatic hydroxyl groups is 1. The molecule has 1 atom stereocenters. The number of methoxy groups -OCH3 is 1. The topological polar surface area (TPSA) is 118 Å². The summed E-state index contributed by atoms with van der Waals surface area (Å²) in [7, 11) is 1.51. The zero-order valence-corrected chi connectivity index (χ0v) is 20.5. The molecular weight excluding hydrogens is 511 g/mol. The Labute approximate surface area is 214 Å². The van der Waals surface area contributed by atoms with E-state index in [1.807, 2.05) is 0 Å². The highest BCUT2D eigenvalue weighted by Crippen LogP contribution is 2.30. The number of amides is 2. The molecule has 1 heterocycles. The lowest BCUT2D eigenvalue weighted by Crippen LogP contribution is -2.33. The van der Waals surface area contributed by atoms with Gasteiger partial charge in [0.2, 0.25) is 5.91 Å². The Hall–Kier alpha value is -3.84. The average Bonchev–Trinajstić information content (AvgIpc) is 3.28. The molecule has 0 aliphatic rings. The maximum Gasteiger partial charge on any atom is 0.416 e. The summed E-state index contributed by atoms with van der Waals surface area (Å²) in [5.74, 6) is -0.354. The normalized spacial score (nSPS) is 12.0. The number of anilines is 1. The monoisotopic (exact) mass is 535 g/mol. The Kier molecular flexibility index (Phi) is 9.31. The first-order valence-corrected chi connectivity index (χ1v) is 11.8. The highest BCUT2D eigenvalue weighted by molar-refractivity contribution is 7.99. The van der Waals surface area contributed by atoms with Crippen molar-refractivity contribution in [3.63, 3.8) is 0 Å². The Bertz CT molecular complexity index is 1250. The van der Waals surface area contributed by atoms with E-state index in [1.165, 1.54) is 19.2 Å². The zero-order valence-electron chi connectivity index (χ0n) is 19.7. The van der Waals surface area contributed by atoms with Crippen molar-refractivity contribution in [1.82, 2.24) is 20.1 Å². The molecule has 0 aliphatic heterocycles. The number of hydrogen-bond acceptors (Lipinski definition) is 7. The van der Waals surface area contributed by atoms with Crippen molar-refractivity contribution in [1.29, 1.82) is 0 Å². The van der Waals surface area contributed by atoms with Gasteiger partial charge in [0, 0.05) is 17.8 Å². The van der Waals surface area contributed by atoms with Gasteiger partial charge in [-0.3, -0.25) is 9.59 Å². The highest BCUT2D eigenvalue weighted by atomic mass is 32.2. The minimum atomic E-state index is -4.53. The third-order valence-corrected chi connectivity index (χ3v) is 5.98. The smallest absolute Gasteiger partial charge is 0.416 e. The van der Waals surface area contributed by atoms with Crippen molar-refractivity contribution in [3.05, 3.63) is 78.1 Å². The van der Waals surface area contributed by atoms with E-state index in [2.05, 4.69) is 27.4 Å². The molecule has 3 aromatic rings. The van der Waals surface area contributed by atoms with E-state index in [0.29, 0.717) is 16.5 Å². The van der Waals surface area contributed by atoms with Crippen LogP contribution in [-0.4, -0.2) is 51.2 Å². The molecule has 2 amide bonds. The molecule has 0 radical (unpaired) electrons. The number of nitrogens with one attached hydrogen (secondary N) is 2. The van der Waals surface area contributed by atoms with E-state index in [9.17, 15) is 27.9 Å². The largest absolute Gasteiger partial charge is 0.497 e. The number of rotatable bonds is 11. The lowest BCUT2D eigenvalue weighted by Gasteiger charge is -2.17. The summed E-state index contributed by atoms with van der Waals surface area (Å²) in [6, 6.07) is 9.80. The minimum absolute atomic E-state index is 0.00950. The number of thioether (sulfide) groups is 1. The maximum absolute atomic E-state index is 12.9. The van der Waals surface area contributed by atoms with E-state index in [1.54, 1.807) is 34.9 Å². The summed E-state index contributed by atoms with van der Waals surface area (Å²) < 4.78 is 45.4. The molecule has 0 bridgehead atoms. The van der Waals surface area contributed by atoms with E-state index < -0.39 is 36.2 Å². The van der Waals surface area contributed by atoms with Gasteiger partial charge in [-0.05, 0) is 42.5 Å². The number of carbonyl (C=O) groups is 2. The van der Waals surface area contributed by atoms with Crippen LogP contribution in [0.3, 0.4) is 0 Å². The van der Waals surface area contributed by atoms with Crippen LogP contribution in [0.25, 0.3) is 0 Å². The van der Waals surface area contributed by atoms with E-state index >= 15 is 0 Å². The van der Waals surface area contributed by atoms with Gasteiger partial charge in [-0.2, -0.15) is 13.2 Å². The van der Waals surface area contributed by atoms with Gasteiger partial charge < -0.3 is 25.0 Å². The van der Waals surface area contributed by atoms with E-state index in [0.717, 1.165) is 23.9 Å². The number of halogens is 3. The second-order valence-electron chi connectivity index (χ2n) is 7.59. The fourth-order valence-corrected chi connectivity index (χ4v) is 4.00. The predicted octanol–water partition coefficient (Wildman–Crippen LogP) is 3.69. The molecule has 0 saturated carbocycles.